The Morgan fingerprint density at radius 3 is 2.30 bits per heavy atom. The molecule has 1 aromatic carbocycles. The van der Waals surface area contributed by atoms with Crippen LogP contribution in [0.5, 0.6) is 0 Å². The van der Waals surface area contributed by atoms with Gasteiger partial charge in [0.15, 0.2) is 0 Å². The van der Waals surface area contributed by atoms with E-state index in [9.17, 15) is 0 Å². The third kappa shape index (κ3) is 3.97. The second-order valence-corrected chi connectivity index (χ2v) is 8.46. The van der Waals surface area contributed by atoms with Crippen molar-refractivity contribution in [3.05, 3.63) is 39.5 Å². The second kappa shape index (κ2) is 8.57. The van der Waals surface area contributed by atoms with Crippen LogP contribution in [-0.2, 0) is 6.42 Å². The van der Waals surface area contributed by atoms with Gasteiger partial charge in [-0.2, -0.15) is 4.98 Å². The molecule has 27 heavy (non-hydrogen) atoms. The maximum Gasteiger partial charge on any atom is 0.225 e. The highest BCUT2D eigenvalue weighted by atomic mass is 35.5. The lowest BCUT2D eigenvalue weighted by atomic mass is 9.98. The zero-order chi connectivity index (χ0) is 19.6. The number of aromatic nitrogens is 2. The number of fused-ring (bicyclic) bond motifs is 1. The Labute approximate surface area is 171 Å². The summed E-state index contributed by atoms with van der Waals surface area (Å²) in [5.41, 5.74) is 5.16. The molecule has 0 aliphatic heterocycles. The van der Waals surface area contributed by atoms with Crippen LogP contribution in [-0.4, -0.2) is 23.1 Å². The first-order valence-corrected chi connectivity index (χ1v) is 11.0. The Kier molecular flexibility index (Phi) is 6.38. The van der Waals surface area contributed by atoms with Gasteiger partial charge in [-0.1, -0.05) is 39.0 Å². The first-order valence-electron chi connectivity index (χ1n) is 9.81. The van der Waals surface area contributed by atoms with Gasteiger partial charge in [-0.3, -0.25) is 0 Å². The van der Waals surface area contributed by atoms with Crippen LogP contribution in [0.3, 0.4) is 0 Å². The van der Waals surface area contributed by atoms with E-state index in [1.807, 2.05) is 0 Å². The van der Waals surface area contributed by atoms with Gasteiger partial charge in [0.1, 0.15) is 10.6 Å². The zero-order valence-electron chi connectivity index (χ0n) is 16.9. The van der Waals surface area contributed by atoms with Gasteiger partial charge < -0.3 is 4.90 Å². The van der Waals surface area contributed by atoms with Gasteiger partial charge >= 0.3 is 0 Å². The summed E-state index contributed by atoms with van der Waals surface area (Å²) in [6.07, 6.45) is 3.13. The van der Waals surface area contributed by atoms with Crippen molar-refractivity contribution in [3.63, 3.8) is 0 Å². The van der Waals surface area contributed by atoms with E-state index >= 15 is 0 Å². The van der Waals surface area contributed by atoms with Crippen molar-refractivity contribution < 1.29 is 0 Å². The van der Waals surface area contributed by atoms with E-state index in [1.54, 1.807) is 11.3 Å². The van der Waals surface area contributed by atoms with E-state index in [4.69, 9.17) is 16.6 Å². The number of anilines is 1. The third-order valence-corrected chi connectivity index (χ3v) is 6.38. The van der Waals surface area contributed by atoms with Gasteiger partial charge in [-0.15, -0.1) is 11.3 Å². The minimum atomic E-state index is 0.338. The minimum absolute atomic E-state index is 0.338. The summed E-state index contributed by atoms with van der Waals surface area (Å²) in [6.45, 7) is 12.9. The van der Waals surface area contributed by atoms with Gasteiger partial charge in [0.05, 0.1) is 5.39 Å². The lowest BCUT2D eigenvalue weighted by Crippen LogP contribution is -2.26. The topological polar surface area (TPSA) is 29.0 Å². The van der Waals surface area contributed by atoms with E-state index in [-0.39, 0.29) is 0 Å². The summed E-state index contributed by atoms with van der Waals surface area (Å²) in [4.78, 5) is 14.0. The number of halogens is 1. The summed E-state index contributed by atoms with van der Waals surface area (Å²) < 4.78 is 0. The molecular weight excluding hydrogens is 374 g/mol. The summed E-state index contributed by atoms with van der Waals surface area (Å²) in [7, 11) is 0. The molecule has 3 rings (SSSR count). The van der Waals surface area contributed by atoms with Crippen LogP contribution in [0.1, 0.15) is 49.6 Å². The van der Waals surface area contributed by atoms with Crippen LogP contribution in [0.2, 0.25) is 5.28 Å². The zero-order valence-corrected chi connectivity index (χ0v) is 18.5. The molecule has 0 atom stereocenters. The molecule has 0 amide bonds. The van der Waals surface area contributed by atoms with Crippen LogP contribution in [0.4, 0.5) is 5.82 Å². The first kappa shape index (κ1) is 20.1. The number of rotatable bonds is 7. The largest absolute Gasteiger partial charge is 0.356 e. The number of benzene rings is 1. The van der Waals surface area contributed by atoms with Crippen LogP contribution >= 0.6 is 22.9 Å². The maximum absolute atomic E-state index is 6.32. The number of hydrogen-bond acceptors (Lipinski definition) is 4. The number of nitrogens with zero attached hydrogens (tertiary/aromatic N) is 3. The van der Waals surface area contributed by atoms with Gasteiger partial charge in [0, 0.05) is 23.5 Å². The van der Waals surface area contributed by atoms with Gasteiger partial charge in [0.25, 0.3) is 0 Å². The maximum atomic E-state index is 6.32. The Balaban J connectivity index is 2.33. The molecule has 3 nitrogen and oxygen atoms in total. The molecular formula is C22H28ClN3S. The molecule has 144 valence electrons. The van der Waals surface area contributed by atoms with Gasteiger partial charge in [-0.25, -0.2) is 4.98 Å². The lowest BCUT2D eigenvalue weighted by Gasteiger charge is -2.24. The quantitative estimate of drug-likeness (QED) is 0.407. The van der Waals surface area contributed by atoms with Crippen molar-refractivity contribution in [1.29, 1.82) is 0 Å². The molecule has 0 spiro atoms. The smallest absolute Gasteiger partial charge is 0.225 e. The van der Waals surface area contributed by atoms with Gasteiger partial charge in [0.2, 0.25) is 5.28 Å². The van der Waals surface area contributed by atoms with Crippen LogP contribution in [0, 0.1) is 13.8 Å². The fourth-order valence-electron chi connectivity index (χ4n) is 3.55. The minimum Gasteiger partial charge on any atom is -0.356 e. The number of hydrogen-bond donors (Lipinski definition) is 0. The third-order valence-electron chi connectivity index (χ3n) is 4.98. The molecule has 2 aromatic heterocycles. The first-order chi connectivity index (χ1) is 13.0. The van der Waals surface area contributed by atoms with E-state index in [1.165, 1.54) is 27.1 Å². The fourth-order valence-corrected chi connectivity index (χ4v) is 4.89. The van der Waals surface area contributed by atoms with E-state index in [2.05, 4.69) is 62.7 Å². The Morgan fingerprint density at radius 2 is 1.70 bits per heavy atom. The molecule has 0 fully saturated rings. The van der Waals surface area contributed by atoms with Crippen LogP contribution in [0.25, 0.3) is 21.3 Å². The summed E-state index contributed by atoms with van der Waals surface area (Å²) in [5, 5.41) is 1.50. The second-order valence-electron chi connectivity index (χ2n) is 7.04. The van der Waals surface area contributed by atoms with Crippen LogP contribution in [0.15, 0.2) is 18.2 Å². The number of thiophene rings is 1. The highest BCUT2D eigenvalue weighted by Crippen LogP contribution is 2.43. The molecule has 0 radical (unpaired) electrons. The molecule has 0 saturated heterocycles. The van der Waals surface area contributed by atoms with E-state index < -0.39 is 0 Å². The molecule has 0 aliphatic rings. The molecule has 3 aromatic rings. The SMILES string of the molecule is CCCN(CCC)c1nc(Cl)nc2sc(CC)c(-c3ccc(C)c(C)c3)c12. The summed E-state index contributed by atoms with van der Waals surface area (Å²) >= 11 is 8.07. The Bertz CT molecular complexity index is 942. The molecule has 2 heterocycles. The standard InChI is InChI=1S/C22H28ClN3S/c1-6-11-26(12-7-2)20-19-18(16-10-9-14(4)15(5)13-16)17(8-3)27-21(19)25-22(23)24-20/h9-10,13H,6-8,11-12H2,1-5H3. The van der Waals surface area contributed by atoms with E-state index in [0.29, 0.717) is 5.28 Å². The highest BCUT2D eigenvalue weighted by molar-refractivity contribution is 7.19. The summed E-state index contributed by atoms with van der Waals surface area (Å²) in [5.74, 6) is 0.984. The predicted molar refractivity (Wildman–Crippen MR) is 120 cm³/mol. The van der Waals surface area contributed by atoms with Crippen molar-refractivity contribution in [1.82, 2.24) is 9.97 Å². The van der Waals surface area contributed by atoms with Crippen LogP contribution < -0.4 is 4.90 Å². The molecule has 0 saturated carbocycles. The predicted octanol–water partition coefficient (Wildman–Crippen LogP) is 6.82. The average Bonchev–Trinajstić information content (AvgIpc) is 3.01. The summed E-state index contributed by atoms with van der Waals surface area (Å²) in [6, 6.07) is 6.73. The highest BCUT2D eigenvalue weighted by Gasteiger charge is 2.22. The normalized spacial score (nSPS) is 11.3. The molecule has 5 heteroatoms. The molecule has 0 unspecified atom stereocenters. The van der Waals surface area contributed by atoms with Crippen molar-refractivity contribution in [2.24, 2.45) is 0 Å². The van der Waals surface area contributed by atoms with Crippen molar-refractivity contribution in [3.8, 4) is 11.1 Å². The van der Waals surface area contributed by atoms with E-state index in [0.717, 1.165) is 48.4 Å². The van der Waals surface area contributed by atoms with Gasteiger partial charge in [-0.05, 0) is 61.4 Å². The lowest BCUT2D eigenvalue weighted by molar-refractivity contribution is 0.736. The Hall–Kier alpha value is -1.65. The molecule has 0 bridgehead atoms. The van der Waals surface area contributed by atoms with Crippen molar-refractivity contribution in [2.75, 3.05) is 18.0 Å². The number of aryl methyl sites for hydroxylation is 3. The van der Waals surface area contributed by atoms with Crippen molar-refractivity contribution >= 4 is 39.0 Å². The molecule has 0 N–H and O–H groups in total. The average molecular weight is 402 g/mol. The van der Waals surface area contributed by atoms with Crippen molar-refractivity contribution in [2.45, 2.75) is 53.9 Å². The fraction of sp³-hybridized carbons (Fsp3) is 0.455. The monoisotopic (exact) mass is 401 g/mol. The molecule has 0 aliphatic carbocycles. The Morgan fingerprint density at radius 1 is 1.00 bits per heavy atom.